The lowest BCUT2D eigenvalue weighted by atomic mass is 9.87. The maximum absolute atomic E-state index is 13.3. The molecule has 128 valence electrons. The summed E-state index contributed by atoms with van der Waals surface area (Å²) in [5, 5.41) is 3.27. The van der Waals surface area contributed by atoms with Crippen LogP contribution in [-0.4, -0.2) is 13.1 Å². The molecule has 1 fully saturated rings. The zero-order chi connectivity index (χ0) is 17.2. The second-order valence-electron chi connectivity index (χ2n) is 6.42. The summed E-state index contributed by atoms with van der Waals surface area (Å²) in [6.07, 6.45) is -1.63. The Labute approximate surface area is 140 Å². The van der Waals surface area contributed by atoms with E-state index in [1.165, 1.54) is 17.7 Å². The molecule has 3 rings (SSSR count). The van der Waals surface area contributed by atoms with E-state index >= 15 is 0 Å². The third-order valence-corrected chi connectivity index (χ3v) is 4.79. The van der Waals surface area contributed by atoms with Gasteiger partial charge in [0.25, 0.3) is 0 Å². The van der Waals surface area contributed by atoms with Crippen molar-refractivity contribution < 1.29 is 13.2 Å². The van der Waals surface area contributed by atoms with Gasteiger partial charge in [0.05, 0.1) is 5.56 Å². The van der Waals surface area contributed by atoms with Crippen molar-refractivity contribution in [3.63, 3.8) is 0 Å². The Kier molecular flexibility index (Phi) is 4.95. The van der Waals surface area contributed by atoms with E-state index in [1.807, 2.05) is 30.3 Å². The number of benzene rings is 2. The summed E-state index contributed by atoms with van der Waals surface area (Å²) in [5.41, 5.74) is 2.94. The molecule has 0 amide bonds. The first-order valence-electron chi connectivity index (χ1n) is 8.49. The third-order valence-electron chi connectivity index (χ3n) is 4.79. The standard InChI is InChI=1S/C20H22F3N/c1-2-14-3-5-15(6-4-14)17-11-18(16-7-9-24-10-8-16)13-19(12-17)20(21,22)23/h3-6,11-13,16,24H,2,7-10H2,1H3. The molecule has 1 nitrogen and oxygen atoms in total. The highest BCUT2D eigenvalue weighted by Crippen LogP contribution is 2.37. The molecule has 0 radical (unpaired) electrons. The van der Waals surface area contributed by atoms with Gasteiger partial charge < -0.3 is 5.32 Å². The number of hydrogen-bond donors (Lipinski definition) is 1. The number of rotatable bonds is 3. The van der Waals surface area contributed by atoms with E-state index in [0.717, 1.165) is 43.5 Å². The van der Waals surface area contributed by atoms with Gasteiger partial charge >= 0.3 is 6.18 Å². The Morgan fingerprint density at radius 1 is 0.958 bits per heavy atom. The average Bonchev–Trinajstić information content (AvgIpc) is 2.61. The van der Waals surface area contributed by atoms with Crippen molar-refractivity contribution in [1.29, 1.82) is 0 Å². The molecule has 1 heterocycles. The summed E-state index contributed by atoms with van der Waals surface area (Å²) in [6.45, 7) is 3.79. The van der Waals surface area contributed by atoms with Crippen LogP contribution in [-0.2, 0) is 12.6 Å². The molecule has 1 aliphatic rings. The van der Waals surface area contributed by atoms with Crippen LogP contribution in [0.15, 0.2) is 42.5 Å². The summed E-state index contributed by atoms with van der Waals surface area (Å²) < 4.78 is 40.0. The molecule has 0 aromatic heterocycles. The van der Waals surface area contributed by atoms with Crippen LogP contribution in [0.4, 0.5) is 13.2 Å². The van der Waals surface area contributed by atoms with Crippen LogP contribution in [0, 0.1) is 0 Å². The van der Waals surface area contributed by atoms with Crippen molar-refractivity contribution in [1.82, 2.24) is 5.32 Å². The SMILES string of the molecule is CCc1ccc(-c2cc(C3CCNCC3)cc(C(F)(F)F)c2)cc1. The molecule has 0 atom stereocenters. The van der Waals surface area contributed by atoms with E-state index in [-0.39, 0.29) is 5.92 Å². The van der Waals surface area contributed by atoms with Crippen LogP contribution in [0.3, 0.4) is 0 Å². The first-order valence-corrected chi connectivity index (χ1v) is 8.49. The summed E-state index contributed by atoms with van der Waals surface area (Å²) in [4.78, 5) is 0. The van der Waals surface area contributed by atoms with E-state index in [2.05, 4.69) is 12.2 Å². The average molecular weight is 333 g/mol. The summed E-state index contributed by atoms with van der Waals surface area (Å²) in [5.74, 6) is 0.196. The molecular weight excluding hydrogens is 311 g/mol. The Hall–Kier alpha value is -1.81. The van der Waals surface area contributed by atoms with Gasteiger partial charge in [-0.25, -0.2) is 0 Å². The second kappa shape index (κ2) is 6.98. The lowest BCUT2D eigenvalue weighted by molar-refractivity contribution is -0.137. The highest BCUT2D eigenvalue weighted by Gasteiger charge is 2.32. The van der Waals surface area contributed by atoms with Crippen molar-refractivity contribution in [2.24, 2.45) is 0 Å². The van der Waals surface area contributed by atoms with Crippen LogP contribution >= 0.6 is 0 Å². The lowest BCUT2D eigenvalue weighted by Crippen LogP contribution is -2.26. The third kappa shape index (κ3) is 3.81. The van der Waals surface area contributed by atoms with E-state index in [9.17, 15) is 13.2 Å². The maximum Gasteiger partial charge on any atom is 0.416 e. The molecule has 1 aliphatic heterocycles. The lowest BCUT2D eigenvalue weighted by Gasteiger charge is -2.24. The Bertz CT molecular complexity index is 683. The van der Waals surface area contributed by atoms with E-state index in [4.69, 9.17) is 0 Å². The Morgan fingerprint density at radius 2 is 1.62 bits per heavy atom. The fourth-order valence-electron chi connectivity index (χ4n) is 3.31. The zero-order valence-electron chi connectivity index (χ0n) is 13.8. The molecular formula is C20H22F3N. The molecule has 1 saturated heterocycles. The molecule has 0 spiro atoms. The number of nitrogens with one attached hydrogen (secondary N) is 1. The molecule has 4 heteroatoms. The van der Waals surface area contributed by atoms with Crippen LogP contribution in [0.25, 0.3) is 11.1 Å². The number of hydrogen-bond acceptors (Lipinski definition) is 1. The largest absolute Gasteiger partial charge is 0.416 e. The molecule has 1 N–H and O–H groups in total. The van der Waals surface area contributed by atoms with Gasteiger partial charge in [-0.15, -0.1) is 0 Å². The van der Waals surface area contributed by atoms with Crippen molar-refractivity contribution in [2.75, 3.05) is 13.1 Å². The quantitative estimate of drug-likeness (QED) is 0.793. The predicted molar refractivity (Wildman–Crippen MR) is 91.1 cm³/mol. The highest BCUT2D eigenvalue weighted by molar-refractivity contribution is 5.66. The minimum absolute atomic E-state index is 0.196. The second-order valence-corrected chi connectivity index (χ2v) is 6.42. The van der Waals surface area contributed by atoms with Crippen LogP contribution < -0.4 is 5.32 Å². The number of piperidine rings is 1. The molecule has 2 aromatic rings. The monoisotopic (exact) mass is 333 g/mol. The maximum atomic E-state index is 13.3. The van der Waals surface area contributed by atoms with Gasteiger partial charge in [0.2, 0.25) is 0 Å². The molecule has 0 unspecified atom stereocenters. The summed E-state index contributed by atoms with van der Waals surface area (Å²) >= 11 is 0. The molecule has 2 aromatic carbocycles. The summed E-state index contributed by atoms with van der Waals surface area (Å²) in [7, 11) is 0. The van der Waals surface area contributed by atoms with Crippen molar-refractivity contribution in [3.05, 3.63) is 59.2 Å². The van der Waals surface area contributed by atoms with Crippen LogP contribution in [0.1, 0.15) is 42.4 Å². The zero-order valence-corrected chi connectivity index (χ0v) is 13.8. The van der Waals surface area contributed by atoms with E-state index < -0.39 is 11.7 Å². The van der Waals surface area contributed by atoms with Gasteiger partial charge in [-0.2, -0.15) is 13.2 Å². The fraction of sp³-hybridized carbons (Fsp3) is 0.400. The first kappa shape index (κ1) is 17.0. The number of aryl methyl sites for hydroxylation is 1. The van der Waals surface area contributed by atoms with Crippen molar-refractivity contribution in [3.8, 4) is 11.1 Å². The number of alkyl halides is 3. The Morgan fingerprint density at radius 3 is 2.21 bits per heavy atom. The first-order chi connectivity index (χ1) is 11.5. The van der Waals surface area contributed by atoms with Gasteiger partial charge in [0, 0.05) is 0 Å². The number of halogens is 3. The molecule has 24 heavy (non-hydrogen) atoms. The normalized spacial score (nSPS) is 16.3. The topological polar surface area (TPSA) is 12.0 Å². The van der Waals surface area contributed by atoms with Gasteiger partial charge in [0.15, 0.2) is 0 Å². The molecule has 0 bridgehead atoms. The minimum Gasteiger partial charge on any atom is -0.317 e. The molecule has 0 aliphatic carbocycles. The predicted octanol–water partition coefficient (Wildman–Crippen LogP) is 5.40. The fourth-order valence-corrected chi connectivity index (χ4v) is 3.31. The van der Waals surface area contributed by atoms with Gasteiger partial charge in [-0.3, -0.25) is 0 Å². The minimum atomic E-state index is -4.32. The molecule has 0 saturated carbocycles. The highest BCUT2D eigenvalue weighted by atomic mass is 19.4. The van der Waals surface area contributed by atoms with E-state index in [1.54, 1.807) is 0 Å². The van der Waals surface area contributed by atoms with E-state index in [0.29, 0.717) is 5.56 Å². The van der Waals surface area contributed by atoms with Crippen molar-refractivity contribution in [2.45, 2.75) is 38.3 Å². The van der Waals surface area contributed by atoms with Crippen LogP contribution in [0.5, 0.6) is 0 Å². The Balaban J connectivity index is 2.03. The van der Waals surface area contributed by atoms with Crippen molar-refractivity contribution >= 4 is 0 Å². The van der Waals surface area contributed by atoms with Gasteiger partial charge in [0.1, 0.15) is 0 Å². The van der Waals surface area contributed by atoms with Gasteiger partial charge in [-0.1, -0.05) is 37.3 Å². The summed E-state index contributed by atoms with van der Waals surface area (Å²) in [6, 6.07) is 12.3. The smallest absolute Gasteiger partial charge is 0.317 e. The van der Waals surface area contributed by atoms with Gasteiger partial charge in [-0.05, 0) is 72.7 Å². The van der Waals surface area contributed by atoms with Crippen LogP contribution in [0.2, 0.25) is 0 Å².